The van der Waals surface area contributed by atoms with Crippen LogP contribution in [0.25, 0.3) is 0 Å². The number of hydrazine groups is 1. The third kappa shape index (κ3) is 4.27. The third-order valence-corrected chi connectivity index (χ3v) is 3.83. The molecule has 1 aromatic carbocycles. The zero-order valence-corrected chi connectivity index (χ0v) is 11.5. The Morgan fingerprint density at radius 2 is 2.32 bits per heavy atom. The Morgan fingerprint density at radius 3 is 2.95 bits per heavy atom. The Morgan fingerprint density at radius 1 is 1.47 bits per heavy atom. The van der Waals surface area contributed by atoms with Crippen LogP contribution in [-0.4, -0.2) is 18.8 Å². The second-order valence-electron chi connectivity index (χ2n) is 5.36. The number of hydrogen-bond acceptors (Lipinski definition) is 3. The quantitative estimate of drug-likeness (QED) is 0.636. The van der Waals surface area contributed by atoms with E-state index in [0.717, 1.165) is 43.4 Å². The van der Waals surface area contributed by atoms with Crippen molar-refractivity contribution >= 4 is 0 Å². The molecule has 1 aliphatic rings. The summed E-state index contributed by atoms with van der Waals surface area (Å²) < 4.78 is 18.8. The van der Waals surface area contributed by atoms with Gasteiger partial charge < -0.3 is 4.74 Å². The van der Waals surface area contributed by atoms with Crippen LogP contribution in [0.3, 0.4) is 0 Å². The van der Waals surface area contributed by atoms with Crippen LogP contribution in [0.4, 0.5) is 4.39 Å². The average molecular weight is 266 g/mol. The molecule has 1 fully saturated rings. The highest BCUT2D eigenvalue weighted by Gasteiger charge is 2.19. The first kappa shape index (κ1) is 14.4. The number of nitrogens with one attached hydrogen (secondary N) is 1. The Kier molecular flexibility index (Phi) is 5.31. The summed E-state index contributed by atoms with van der Waals surface area (Å²) in [5, 5.41) is 0. The largest absolute Gasteiger partial charge is 0.378 e. The van der Waals surface area contributed by atoms with Crippen LogP contribution >= 0.6 is 0 Å². The van der Waals surface area contributed by atoms with Crippen LogP contribution < -0.4 is 11.3 Å². The summed E-state index contributed by atoms with van der Waals surface area (Å²) in [5.74, 6) is 5.45. The van der Waals surface area contributed by atoms with Gasteiger partial charge in [0.1, 0.15) is 5.82 Å². The SMILES string of the molecule is Cc1cc(F)ccc1CC(CC1CCCCO1)NN. The van der Waals surface area contributed by atoms with Crippen LogP contribution in [0.2, 0.25) is 0 Å². The first-order valence-electron chi connectivity index (χ1n) is 7.02. The number of nitrogens with two attached hydrogens (primary N) is 1. The second-order valence-corrected chi connectivity index (χ2v) is 5.36. The second kappa shape index (κ2) is 6.98. The minimum atomic E-state index is -0.186. The average Bonchev–Trinajstić information content (AvgIpc) is 2.42. The fraction of sp³-hybridized carbons (Fsp3) is 0.600. The first-order chi connectivity index (χ1) is 9.19. The maximum absolute atomic E-state index is 13.1. The van der Waals surface area contributed by atoms with Crippen molar-refractivity contribution in [2.45, 2.75) is 51.2 Å². The lowest BCUT2D eigenvalue weighted by atomic mass is 9.95. The predicted molar refractivity (Wildman–Crippen MR) is 74.2 cm³/mol. The molecule has 0 saturated carbocycles. The zero-order chi connectivity index (χ0) is 13.7. The first-order valence-corrected chi connectivity index (χ1v) is 7.02. The smallest absolute Gasteiger partial charge is 0.123 e. The van der Waals surface area contributed by atoms with Gasteiger partial charge in [-0.05, 0) is 62.3 Å². The van der Waals surface area contributed by atoms with Crippen LogP contribution in [0.1, 0.15) is 36.8 Å². The molecule has 0 spiro atoms. The molecule has 1 aromatic rings. The molecule has 2 rings (SSSR count). The van der Waals surface area contributed by atoms with Gasteiger partial charge in [0.2, 0.25) is 0 Å². The Hall–Kier alpha value is -0.970. The molecule has 3 nitrogen and oxygen atoms in total. The van der Waals surface area contributed by atoms with E-state index in [1.54, 1.807) is 6.07 Å². The lowest BCUT2D eigenvalue weighted by Gasteiger charge is -2.27. The molecule has 19 heavy (non-hydrogen) atoms. The fourth-order valence-corrected chi connectivity index (χ4v) is 2.67. The molecule has 2 atom stereocenters. The maximum Gasteiger partial charge on any atom is 0.123 e. The van der Waals surface area contributed by atoms with Crippen molar-refractivity contribution in [3.05, 3.63) is 35.1 Å². The van der Waals surface area contributed by atoms with E-state index in [1.807, 2.05) is 13.0 Å². The molecule has 106 valence electrons. The highest BCUT2D eigenvalue weighted by Crippen LogP contribution is 2.20. The van der Waals surface area contributed by atoms with Crippen LogP contribution in [0, 0.1) is 12.7 Å². The molecular weight excluding hydrogens is 243 g/mol. The van der Waals surface area contributed by atoms with Crippen LogP contribution in [0.5, 0.6) is 0 Å². The van der Waals surface area contributed by atoms with Gasteiger partial charge in [-0.3, -0.25) is 11.3 Å². The maximum atomic E-state index is 13.1. The normalized spacial score (nSPS) is 21.3. The van der Waals surface area contributed by atoms with Crippen molar-refractivity contribution in [2.24, 2.45) is 5.84 Å². The molecule has 0 aliphatic carbocycles. The summed E-state index contributed by atoms with van der Waals surface area (Å²) in [6.07, 6.45) is 5.53. The van der Waals surface area contributed by atoms with Gasteiger partial charge in [-0.2, -0.15) is 0 Å². The molecule has 1 aliphatic heterocycles. The monoisotopic (exact) mass is 266 g/mol. The van der Waals surface area contributed by atoms with Gasteiger partial charge in [0.05, 0.1) is 6.10 Å². The summed E-state index contributed by atoms with van der Waals surface area (Å²) in [6.45, 7) is 2.79. The summed E-state index contributed by atoms with van der Waals surface area (Å²) in [7, 11) is 0. The molecule has 0 aromatic heterocycles. The molecule has 2 unspecified atom stereocenters. The van der Waals surface area contributed by atoms with Gasteiger partial charge >= 0.3 is 0 Å². The standard InChI is InChI=1S/C15H23FN2O/c1-11-8-13(16)6-5-12(11)9-14(18-17)10-15-4-2-3-7-19-15/h5-6,8,14-15,18H,2-4,7,9-10,17H2,1H3. The van der Waals surface area contributed by atoms with Gasteiger partial charge in [-0.1, -0.05) is 6.07 Å². The third-order valence-electron chi connectivity index (χ3n) is 3.83. The molecule has 0 radical (unpaired) electrons. The van der Waals surface area contributed by atoms with Gasteiger partial charge in [0, 0.05) is 12.6 Å². The number of ether oxygens (including phenoxy) is 1. The molecule has 1 heterocycles. The van der Waals surface area contributed by atoms with Crippen molar-refractivity contribution < 1.29 is 9.13 Å². The van der Waals surface area contributed by atoms with Crippen molar-refractivity contribution in [1.82, 2.24) is 5.43 Å². The van der Waals surface area contributed by atoms with Crippen molar-refractivity contribution in [3.63, 3.8) is 0 Å². The van der Waals surface area contributed by atoms with E-state index in [1.165, 1.54) is 12.5 Å². The summed E-state index contributed by atoms with van der Waals surface area (Å²) in [5.41, 5.74) is 4.98. The number of halogens is 1. The van der Waals surface area contributed by atoms with Crippen molar-refractivity contribution in [1.29, 1.82) is 0 Å². The van der Waals surface area contributed by atoms with Gasteiger partial charge in [0.15, 0.2) is 0 Å². The van der Waals surface area contributed by atoms with Gasteiger partial charge in [0.25, 0.3) is 0 Å². The molecule has 0 bridgehead atoms. The minimum absolute atomic E-state index is 0.173. The predicted octanol–water partition coefficient (Wildman–Crippen LogP) is 2.47. The summed E-state index contributed by atoms with van der Waals surface area (Å²) in [6, 6.07) is 5.09. The minimum Gasteiger partial charge on any atom is -0.378 e. The van der Waals surface area contributed by atoms with E-state index in [4.69, 9.17) is 10.6 Å². The Balaban J connectivity index is 1.94. The Bertz CT molecular complexity index is 405. The van der Waals surface area contributed by atoms with E-state index in [-0.39, 0.29) is 11.9 Å². The number of hydrogen-bond donors (Lipinski definition) is 2. The molecular formula is C15H23FN2O. The van der Waals surface area contributed by atoms with E-state index in [2.05, 4.69) is 5.43 Å². The highest BCUT2D eigenvalue weighted by molar-refractivity contribution is 5.27. The topological polar surface area (TPSA) is 47.3 Å². The van der Waals surface area contributed by atoms with E-state index < -0.39 is 0 Å². The zero-order valence-electron chi connectivity index (χ0n) is 11.5. The van der Waals surface area contributed by atoms with E-state index >= 15 is 0 Å². The molecule has 1 saturated heterocycles. The van der Waals surface area contributed by atoms with Gasteiger partial charge in [-0.15, -0.1) is 0 Å². The number of benzene rings is 1. The highest BCUT2D eigenvalue weighted by atomic mass is 19.1. The van der Waals surface area contributed by atoms with E-state index in [9.17, 15) is 4.39 Å². The lowest BCUT2D eigenvalue weighted by Crippen LogP contribution is -2.40. The van der Waals surface area contributed by atoms with Crippen LogP contribution in [-0.2, 0) is 11.2 Å². The summed E-state index contributed by atoms with van der Waals surface area (Å²) in [4.78, 5) is 0. The lowest BCUT2D eigenvalue weighted by molar-refractivity contribution is 0.00523. The summed E-state index contributed by atoms with van der Waals surface area (Å²) >= 11 is 0. The molecule has 3 N–H and O–H groups in total. The fourth-order valence-electron chi connectivity index (χ4n) is 2.67. The number of aryl methyl sites for hydroxylation is 1. The van der Waals surface area contributed by atoms with E-state index in [0.29, 0.717) is 6.10 Å². The molecule has 0 amide bonds. The molecule has 4 heteroatoms. The Labute approximate surface area is 114 Å². The van der Waals surface area contributed by atoms with Gasteiger partial charge in [-0.25, -0.2) is 4.39 Å². The van der Waals surface area contributed by atoms with Crippen molar-refractivity contribution in [3.8, 4) is 0 Å². The van der Waals surface area contributed by atoms with Crippen molar-refractivity contribution in [2.75, 3.05) is 6.61 Å². The van der Waals surface area contributed by atoms with Crippen LogP contribution in [0.15, 0.2) is 18.2 Å². The number of rotatable bonds is 5.